The van der Waals surface area contributed by atoms with E-state index < -0.39 is 42.2 Å². The van der Waals surface area contributed by atoms with Crippen molar-refractivity contribution in [3.05, 3.63) is 29.6 Å². The quantitative estimate of drug-likeness (QED) is 0.145. The first-order valence-corrected chi connectivity index (χ1v) is 9.78. The smallest absolute Gasteiger partial charge is 0.286 e. The monoisotopic (exact) mass is 463 g/mol. The third-order valence-corrected chi connectivity index (χ3v) is 5.83. The number of hydrogen-bond acceptors (Lipinski definition) is 12. The minimum Gasteiger partial charge on any atom is -0.506 e. The number of rotatable bonds is 7. The standard InChI is InChI=1S/C17H22FN3O9S/c18-14-8(1-2-10(22)15(14)21-6-13(24)20-31-21)7-3-9(19-5-7)11(23)4-12(16(25,26)27)17(28,29)30/h1-3,9,11-12,19,22-23,25-30H,4-6H2,(H,20,24)/t9?,11-/m1/s1. The van der Waals surface area contributed by atoms with Gasteiger partial charge in [-0.25, -0.2) is 4.39 Å². The number of nitrogens with one attached hydrogen (secondary N) is 2. The fourth-order valence-corrected chi connectivity index (χ4v) is 4.15. The lowest BCUT2D eigenvalue weighted by Gasteiger charge is -2.34. The van der Waals surface area contributed by atoms with Crippen LogP contribution in [0.3, 0.4) is 0 Å². The Morgan fingerprint density at radius 2 is 1.84 bits per heavy atom. The van der Waals surface area contributed by atoms with Gasteiger partial charge in [0.2, 0.25) is 0 Å². The van der Waals surface area contributed by atoms with Gasteiger partial charge in [-0.2, -0.15) is 0 Å². The summed E-state index contributed by atoms with van der Waals surface area (Å²) in [5.41, 5.74) is 0.213. The van der Waals surface area contributed by atoms with Crippen LogP contribution < -0.4 is 14.3 Å². The van der Waals surface area contributed by atoms with Crippen LogP contribution in [0.25, 0.3) is 5.57 Å². The van der Waals surface area contributed by atoms with Crippen molar-refractivity contribution in [3.8, 4) is 5.75 Å². The summed E-state index contributed by atoms with van der Waals surface area (Å²) in [6, 6.07) is 1.60. The number of phenols is 1. The number of amides is 1. The summed E-state index contributed by atoms with van der Waals surface area (Å²) in [5, 5.41) is 78.5. The number of carbonyl (C=O) groups is 1. The van der Waals surface area contributed by atoms with E-state index in [2.05, 4.69) is 10.0 Å². The van der Waals surface area contributed by atoms with Crippen LogP contribution in [0.4, 0.5) is 10.1 Å². The van der Waals surface area contributed by atoms with Crippen molar-refractivity contribution in [2.45, 2.75) is 30.5 Å². The average molecular weight is 463 g/mol. The molecular formula is C17H22FN3O9S. The molecule has 0 radical (unpaired) electrons. The number of phenolic OH excluding ortho intramolecular Hbond substituents is 1. The van der Waals surface area contributed by atoms with E-state index in [9.17, 15) is 45.6 Å². The lowest BCUT2D eigenvalue weighted by atomic mass is 9.92. The van der Waals surface area contributed by atoms with E-state index in [4.69, 9.17) is 0 Å². The summed E-state index contributed by atoms with van der Waals surface area (Å²) in [5.74, 6) is -11.3. The Morgan fingerprint density at radius 1 is 1.19 bits per heavy atom. The first-order valence-electron chi connectivity index (χ1n) is 9.00. The van der Waals surface area contributed by atoms with Gasteiger partial charge in [-0.3, -0.25) is 13.8 Å². The molecule has 1 unspecified atom stereocenters. The third-order valence-electron chi connectivity index (χ3n) is 4.98. The Kier molecular flexibility index (Phi) is 6.48. The van der Waals surface area contributed by atoms with E-state index in [1.807, 2.05) is 0 Å². The molecule has 1 amide bonds. The van der Waals surface area contributed by atoms with Gasteiger partial charge in [0.25, 0.3) is 17.9 Å². The Hall–Kier alpha value is -2.01. The van der Waals surface area contributed by atoms with Crippen molar-refractivity contribution in [2.75, 3.05) is 17.4 Å². The Labute approximate surface area is 179 Å². The van der Waals surface area contributed by atoms with Gasteiger partial charge >= 0.3 is 0 Å². The third kappa shape index (κ3) is 5.08. The van der Waals surface area contributed by atoms with Crippen molar-refractivity contribution >= 4 is 29.3 Å². The van der Waals surface area contributed by atoms with Gasteiger partial charge in [-0.15, -0.1) is 0 Å². The highest BCUT2D eigenvalue weighted by Crippen LogP contribution is 2.39. The zero-order valence-electron chi connectivity index (χ0n) is 15.8. The molecule has 1 saturated heterocycles. The molecule has 0 aromatic heterocycles. The van der Waals surface area contributed by atoms with Crippen LogP contribution in [-0.2, 0) is 4.79 Å². The number of anilines is 1. The molecule has 0 bridgehead atoms. The molecule has 3 rings (SSSR count). The molecule has 12 nitrogen and oxygen atoms in total. The molecule has 2 aliphatic rings. The molecule has 0 saturated carbocycles. The van der Waals surface area contributed by atoms with Crippen molar-refractivity contribution < 1.29 is 50.0 Å². The second-order valence-corrected chi connectivity index (χ2v) is 8.10. The van der Waals surface area contributed by atoms with E-state index in [-0.39, 0.29) is 36.0 Å². The van der Waals surface area contributed by atoms with Gasteiger partial charge in [0, 0.05) is 12.1 Å². The van der Waals surface area contributed by atoms with Crippen molar-refractivity contribution in [1.29, 1.82) is 0 Å². The van der Waals surface area contributed by atoms with Gasteiger partial charge in [0.1, 0.15) is 23.9 Å². The van der Waals surface area contributed by atoms with Gasteiger partial charge in [0.15, 0.2) is 5.82 Å². The number of hydrogen-bond donors (Lipinski definition) is 10. The predicted molar refractivity (Wildman–Crippen MR) is 104 cm³/mol. The van der Waals surface area contributed by atoms with Crippen molar-refractivity contribution in [3.63, 3.8) is 0 Å². The second-order valence-electron chi connectivity index (χ2n) is 7.28. The molecular weight excluding hydrogens is 441 g/mol. The molecule has 0 aliphatic carbocycles. The molecule has 1 aromatic carbocycles. The first kappa shape index (κ1) is 23.6. The molecule has 10 N–H and O–H groups in total. The Morgan fingerprint density at radius 3 is 2.39 bits per heavy atom. The predicted octanol–water partition coefficient (Wildman–Crippen LogP) is -2.99. The van der Waals surface area contributed by atoms with Crippen LogP contribution in [0, 0.1) is 11.7 Å². The topological polar surface area (TPSA) is 206 Å². The maximum Gasteiger partial charge on any atom is 0.286 e. The summed E-state index contributed by atoms with van der Waals surface area (Å²) in [6.45, 7) is -0.127. The van der Waals surface area contributed by atoms with Gasteiger partial charge in [0.05, 0.1) is 24.3 Å². The molecule has 2 atom stereocenters. The molecule has 14 heteroatoms. The number of aliphatic hydroxyl groups is 7. The Balaban J connectivity index is 1.82. The summed E-state index contributed by atoms with van der Waals surface area (Å²) < 4.78 is 18.8. The molecule has 0 spiro atoms. The van der Waals surface area contributed by atoms with Crippen LogP contribution in [0.15, 0.2) is 18.2 Å². The maximum atomic E-state index is 15.1. The minimum absolute atomic E-state index is 0.0445. The minimum atomic E-state index is -3.71. The summed E-state index contributed by atoms with van der Waals surface area (Å²) in [4.78, 5) is 11.4. The highest BCUT2D eigenvalue weighted by atomic mass is 32.2. The molecule has 31 heavy (non-hydrogen) atoms. The van der Waals surface area contributed by atoms with Crippen molar-refractivity contribution in [2.24, 2.45) is 5.92 Å². The normalized spacial score (nSPS) is 20.9. The fraction of sp³-hybridized carbons (Fsp3) is 0.471. The van der Waals surface area contributed by atoms with E-state index in [0.29, 0.717) is 5.57 Å². The SMILES string of the molecule is O=C1CN(c2c(O)ccc(C3=CC([C@H](O)CC(C(O)(O)O)C(O)(O)O)NC3)c2F)SN1. The number of aliphatic hydroxyl groups excluding tert-OH is 1. The van der Waals surface area contributed by atoms with Crippen LogP contribution >= 0.6 is 12.1 Å². The molecule has 1 fully saturated rings. The van der Waals surface area contributed by atoms with Gasteiger partial charge in [-0.1, -0.05) is 6.08 Å². The fourth-order valence-electron chi connectivity index (χ4n) is 3.42. The lowest BCUT2D eigenvalue weighted by molar-refractivity contribution is -0.442. The molecule has 1 aromatic rings. The van der Waals surface area contributed by atoms with Gasteiger partial charge in [-0.05, 0) is 24.1 Å². The largest absolute Gasteiger partial charge is 0.506 e. The number of carbonyl (C=O) groups excluding carboxylic acids is 1. The molecule has 2 heterocycles. The highest BCUT2D eigenvalue weighted by molar-refractivity contribution is 7.99. The number of aromatic hydroxyl groups is 1. The average Bonchev–Trinajstić information content (AvgIpc) is 3.27. The van der Waals surface area contributed by atoms with Crippen LogP contribution in [-0.4, -0.2) is 83.9 Å². The number of benzene rings is 1. The van der Waals surface area contributed by atoms with E-state index in [0.717, 1.165) is 12.1 Å². The summed E-state index contributed by atoms with van der Waals surface area (Å²) in [6.07, 6.45) is -1.03. The van der Waals surface area contributed by atoms with Crippen LogP contribution in [0.5, 0.6) is 5.75 Å². The zero-order chi connectivity index (χ0) is 23.1. The van der Waals surface area contributed by atoms with Crippen LogP contribution in [0.2, 0.25) is 0 Å². The summed E-state index contributed by atoms with van der Waals surface area (Å²) >= 11 is 0.817. The second kappa shape index (κ2) is 8.50. The first-order chi connectivity index (χ1) is 14.3. The Bertz CT molecular complexity index is 873. The van der Waals surface area contributed by atoms with E-state index in [1.54, 1.807) is 0 Å². The molecule has 2 aliphatic heterocycles. The summed E-state index contributed by atoms with van der Waals surface area (Å²) in [7, 11) is 0. The van der Waals surface area contributed by atoms with E-state index >= 15 is 4.39 Å². The number of halogens is 1. The lowest BCUT2D eigenvalue weighted by Crippen LogP contribution is -2.54. The zero-order valence-corrected chi connectivity index (χ0v) is 16.6. The van der Waals surface area contributed by atoms with E-state index in [1.165, 1.54) is 22.5 Å². The van der Waals surface area contributed by atoms with Gasteiger partial charge < -0.3 is 46.2 Å². The highest BCUT2D eigenvalue weighted by Gasteiger charge is 2.48. The maximum absolute atomic E-state index is 15.1. The number of nitrogens with zero attached hydrogens (tertiary/aromatic N) is 1. The molecule has 172 valence electrons. The van der Waals surface area contributed by atoms with Crippen molar-refractivity contribution in [1.82, 2.24) is 10.0 Å². The van der Waals surface area contributed by atoms with Crippen LogP contribution in [0.1, 0.15) is 12.0 Å².